The maximum atomic E-state index is 8.67. The standard InChI is InChI=1S/C16H29N3O4.HI/c1-2-21-11-4-7-17-16(19-9-13-22-14-10-20)18-8-6-15-5-3-12-23-15;/h3,5,12,20H,2,4,6-11,13-14H2,1H3,(H2,17,18,19);1H. The van der Waals surface area contributed by atoms with Gasteiger partial charge in [-0.25, -0.2) is 0 Å². The second-order valence-electron chi connectivity index (χ2n) is 4.80. The van der Waals surface area contributed by atoms with Crippen LogP contribution in [-0.4, -0.2) is 63.7 Å². The summed E-state index contributed by atoms with van der Waals surface area (Å²) in [5.74, 6) is 1.69. The minimum atomic E-state index is 0. The van der Waals surface area contributed by atoms with Crippen molar-refractivity contribution in [2.24, 2.45) is 4.99 Å². The van der Waals surface area contributed by atoms with Crippen LogP contribution in [0.5, 0.6) is 0 Å². The number of furan rings is 1. The van der Waals surface area contributed by atoms with Gasteiger partial charge in [-0.3, -0.25) is 4.99 Å². The second kappa shape index (κ2) is 17.0. The van der Waals surface area contributed by atoms with Crippen molar-refractivity contribution in [3.63, 3.8) is 0 Å². The van der Waals surface area contributed by atoms with Gasteiger partial charge in [-0.05, 0) is 25.5 Å². The lowest BCUT2D eigenvalue weighted by atomic mass is 10.3. The van der Waals surface area contributed by atoms with Crippen molar-refractivity contribution < 1.29 is 19.0 Å². The number of guanidine groups is 1. The molecule has 0 radical (unpaired) electrons. The minimum Gasteiger partial charge on any atom is -0.469 e. The molecule has 8 heteroatoms. The van der Waals surface area contributed by atoms with Gasteiger partial charge in [0, 0.05) is 39.3 Å². The Balaban J connectivity index is 0.00000529. The molecule has 1 rings (SSSR count). The molecule has 140 valence electrons. The SMILES string of the molecule is CCOCCCN=C(NCCOCCO)NCCc1ccco1.I. The van der Waals surface area contributed by atoms with Crippen molar-refractivity contribution in [1.82, 2.24) is 10.6 Å². The molecule has 0 saturated carbocycles. The van der Waals surface area contributed by atoms with Crippen molar-refractivity contribution in [1.29, 1.82) is 0 Å². The van der Waals surface area contributed by atoms with Gasteiger partial charge in [0.15, 0.2) is 5.96 Å². The summed E-state index contributed by atoms with van der Waals surface area (Å²) in [6.45, 7) is 6.44. The minimum absolute atomic E-state index is 0. The number of nitrogens with one attached hydrogen (secondary N) is 2. The summed E-state index contributed by atoms with van der Waals surface area (Å²) in [5.41, 5.74) is 0. The van der Waals surface area contributed by atoms with Crippen LogP contribution in [0, 0.1) is 0 Å². The van der Waals surface area contributed by atoms with E-state index in [1.807, 2.05) is 19.1 Å². The first-order valence-electron chi connectivity index (χ1n) is 8.17. The first kappa shape index (κ1) is 23.2. The van der Waals surface area contributed by atoms with Crippen LogP contribution in [0.25, 0.3) is 0 Å². The number of ether oxygens (including phenoxy) is 2. The Kier molecular flexibility index (Phi) is 16.4. The second-order valence-corrected chi connectivity index (χ2v) is 4.80. The molecule has 0 amide bonds. The van der Waals surface area contributed by atoms with E-state index in [0.29, 0.717) is 26.3 Å². The van der Waals surface area contributed by atoms with E-state index in [4.69, 9.17) is 19.0 Å². The van der Waals surface area contributed by atoms with Crippen molar-refractivity contribution >= 4 is 29.9 Å². The van der Waals surface area contributed by atoms with Crippen LogP contribution < -0.4 is 10.6 Å². The molecule has 0 aliphatic rings. The Hall–Kier alpha value is -0.840. The largest absolute Gasteiger partial charge is 0.469 e. The Morgan fingerprint density at radius 3 is 2.75 bits per heavy atom. The first-order valence-corrected chi connectivity index (χ1v) is 8.17. The van der Waals surface area contributed by atoms with Gasteiger partial charge in [0.1, 0.15) is 5.76 Å². The average Bonchev–Trinajstić information content (AvgIpc) is 3.07. The average molecular weight is 455 g/mol. The summed E-state index contributed by atoms with van der Waals surface area (Å²) in [5, 5.41) is 15.1. The molecule has 0 aliphatic heterocycles. The molecule has 1 aromatic heterocycles. The van der Waals surface area contributed by atoms with Crippen LogP contribution in [-0.2, 0) is 15.9 Å². The number of nitrogens with zero attached hydrogens (tertiary/aromatic N) is 1. The monoisotopic (exact) mass is 455 g/mol. The third-order valence-corrected chi connectivity index (χ3v) is 2.94. The maximum absolute atomic E-state index is 8.67. The van der Waals surface area contributed by atoms with Gasteiger partial charge < -0.3 is 29.6 Å². The van der Waals surface area contributed by atoms with E-state index in [1.54, 1.807) is 6.26 Å². The van der Waals surface area contributed by atoms with E-state index < -0.39 is 0 Å². The van der Waals surface area contributed by atoms with Crippen molar-refractivity contribution in [2.75, 3.05) is 52.7 Å². The number of aliphatic imine (C=N–C) groups is 1. The highest BCUT2D eigenvalue weighted by molar-refractivity contribution is 14.0. The van der Waals surface area contributed by atoms with Crippen molar-refractivity contribution in [3.8, 4) is 0 Å². The predicted molar refractivity (Wildman–Crippen MR) is 105 cm³/mol. The Bertz CT molecular complexity index is 402. The normalized spacial score (nSPS) is 11.2. The molecule has 0 bridgehead atoms. The van der Waals surface area contributed by atoms with Crippen LogP contribution in [0.1, 0.15) is 19.1 Å². The third-order valence-electron chi connectivity index (χ3n) is 2.94. The summed E-state index contributed by atoms with van der Waals surface area (Å²) >= 11 is 0. The van der Waals surface area contributed by atoms with Gasteiger partial charge in [0.05, 0.1) is 26.1 Å². The molecule has 24 heavy (non-hydrogen) atoms. The molecular weight excluding hydrogens is 425 g/mol. The Morgan fingerprint density at radius 1 is 1.21 bits per heavy atom. The quantitative estimate of drug-likeness (QED) is 0.181. The van der Waals surface area contributed by atoms with E-state index in [-0.39, 0.29) is 30.6 Å². The molecular formula is C16H30IN3O4. The molecule has 0 unspecified atom stereocenters. The van der Waals surface area contributed by atoms with Crippen molar-refractivity contribution in [3.05, 3.63) is 24.2 Å². The fourth-order valence-corrected chi connectivity index (χ4v) is 1.84. The molecule has 0 aliphatic carbocycles. The fraction of sp³-hybridized carbons (Fsp3) is 0.688. The molecule has 1 heterocycles. The Labute approximate surface area is 161 Å². The van der Waals surface area contributed by atoms with Crippen LogP contribution >= 0.6 is 24.0 Å². The highest BCUT2D eigenvalue weighted by Gasteiger charge is 2.00. The molecule has 7 nitrogen and oxygen atoms in total. The zero-order valence-electron chi connectivity index (χ0n) is 14.3. The molecule has 0 spiro atoms. The van der Waals surface area contributed by atoms with Crippen LogP contribution in [0.3, 0.4) is 0 Å². The number of aliphatic hydroxyl groups is 1. The number of rotatable bonds is 13. The van der Waals surface area contributed by atoms with Gasteiger partial charge in [-0.1, -0.05) is 0 Å². The molecule has 3 N–H and O–H groups in total. The summed E-state index contributed by atoms with van der Waals surface area (Å²) in [6, 6.07) is 3.84. The van der Waals surface area contributed by atoms with E-state index in [2.05, 4.69) is 15.6 Å². The van der Waals surface area contributed by atoms with E-state index in [1.165, 1.54) is 0 Å². The van der Waals surface area contributed by atoms with Gasteiger partial charge >= 0.3 is 0 Å². The third kappa shape index (κ3) is 12.6. The summed E-state index contributed by atoms with van der Waals surface area (Å²) in [6.07, 6.45) is 3.36. The lowest BCUT2D eigenvalue weighted by molar-refractivity contribution is 0.0957. The van der Waals surface area contributed by atoms with E-state index in [0.717, 1.165) is 44.3 Å². The van der Waals surface area contributed by atoms with E-state index in [9.17, 15) is 0 Å². The fourth-order valence-electron chi connectivity index (χ4n) is 1.84. The first-order chi connectivity index (χ1) is 11.4. The highest BCUT2D eigenvalue weighted by atomic mass is 127. The molecule has 1 aromatic rings. The molecule has 0 fully saturated rings. The molecule has 0 atom stereocenters. The predicted octanol–water partition coefficient (Wildman–Crippen LogP) is 1.41. The van der Waals surface area contributed by atoms with Crippen molar-refractivity contribution in [2.45, 2.75) is 19.8 Å². The van der Waals surface area contributed by atoms with Gasteiger partial charge in [0.25, 0.3) is 0 Å². The zero-order chi connectivity index (χ0) is 16.6. The number of aliphatic hydroxyl groups excluding tert-OH is 1. The Morgan fingerprint density at radius 2 is 2.04 bits per heavy atom. The maximum Gasteiger partial charge on any atom is 0.191 e. The van der Waals surface area contributed by atoms with Gasteiger partial charge in [-0.2, -0.15) is 0 Å². The lowest BCUT2D eigenvalue weighted by Gasteiger charge is -2.12. The zero-order valence-corrected chi connectivity index (χ0v) is 16.7. The van der Waals surface area contributed by atoms with Gasteiger partial charge in [-0.15, -0.1) is 24.0 Å². The van der Waals surface area contributed by atoms with Gasteiger partial charge in [0.2, 0.25) is 0 Å². The summed E-state index contributed by atoms with van der Waals surface area (Å²) < 4.78 is 15.8. The molecule has 0 saturated heterocycles. The summed E-state index contributed by atoms with van der Waals surface area (Å²) in [7, 11) is 0. The summed E-state index contributed by atoms with van der Waals surface area (Å²) in [4.78, 5) is 4.51. The lowest BCUT2D eigenvalue weighted by Crippen LogP contribution is -2.40. The topological polar surface area (TPSA) is 88.2 Å². The van der Waals surface area contributed by atoms with Crippen LogP contribution in [0.4, 0.5) is 0 Å². The smallest absolute Gasteiger partial charge is 0.191 e. The van der Waals surface area contributed by atoms with Crippen LogP contribution in [0.15, 0.2) is 27.8 Å². The highest BCUT2D eigenvalue weighted by Crippen LogP contribution is 1.99. The molecule has 0 aromatic carbocycles. The van der Waals surface area contributed by atoms with E-state index >= 15 is 0 Å². The number of halogens is 1. The number of hydrogen-bond donors (Lipinski definition) is 3. The van der Waals surface area contributed by atoms with Crippen LogP contribution in [0.2, 0.25) is 0 Å². The number of hydrogen-bond acceptors (Lipinski definition) is 5.